The summed E-state index contributed by atoms with van der Waals surface area (Å²) in [5.41, 5.74) is 1.87. The highest BCUT2D eigenvalue weighted by atomic mass is 32.1. The van der Waals surface area contributed by atoms with E-state index in [0.29, 0.717) is 0 Å². The van der Waals surface area contributed by atoms with Crippen molar-refractivity contribution in [1.29, 1.82) is 0 Å². The minimum atomic E-state index is 0.732. The van der Waals surface area contributed by atoms with Crippen molar-refractivity contribution in [3.05, 3.63) is 29.6 Å². The smallest absolute Gasteiger partial charge is 0.0836 e. The molecule has 0 fully saturated rings. The lowest BCUT2D eigenvalue weighted by Crippen LogP contribution is -1.83. The minimum Gasteiger partial charge on any atom is -0.255 e. The first kappa shape index (κ1) is 6.36. The monoisotopic (exact) mass is 136 g/mol. The Hall–Kier alpha value is -0.760. The van der Waals surface area contributed by atoms with Gasteiger partial charge in [0, 0.05) is 6.20 Å². The molecule has 0 spiro atoms. The predicted octanol–water partition coefficient (Wildman–Crippen LogP) is 1.61. The van der Waals surface area contributed by atoms with Gasteiger partial charge in [-0.2, -0.15) is 0 Å². The highest BCUT2D eigenvalue weighted by Gasteiger charge is 1.85. The number of aryl methyl sites for hydroxylation is 1. The Morgan fingerprint density at radius 3 is 2.78 bits per heavy atom. The summed E-state index contributed by atoms with van der Waals surface area (Å²) in [7, 11) is 0. The topological polar surface area (TPSA) is 12.9 Å². The molecule has 0 amide bonds. The van der Waals surface area contributed by atoms with E-state index in [1.807, 2.05) is 19.1 Å². The van der Waals surface area contributed by atoms with Gasteiger partial charge in [-0.05, 0) is 18.6 Å². The number of nitrogens with zero attached hydrogens (tertiary/aromatic N) is 1. The van der Waals surface area contributed by atoms with Crippen LogP contribution in [0.2, 0.25) is 0 Å². The Morgan fingerprint density at radius 2 is 2.33 bits per heavy atom. The molecule has 1 rings (SSSR count). The van der Waals surface area contributed by atoms with Crippen LogP contribution in [0.4, 0.5) is 0 Å². The number of thiocarbonyl (C=S) groups is 1. The van der Waals surface area contributed by atoms with Crippen LogP contribution < -0.4 is 0 Å². The summed E-state index contributed by atoms with van der Waals surface area (Å²) >= 11 is 4.55. The third kappa shape index (κ3) is 1.57. The lowest BCUT2D eigenvalue weighted by atomic mass is 10.3. The van der Waals surface area contributed by atoms with Crippen LogP contribution in [0.15, 0.2) is 18.3 Å². The van der Waals surface area contributed by atoms with Gasteiger partial charge in [-0.1, -0.05) is 18.3 Å². The van der Waals surface area contributed by atoms with Gasteiger partial charge < -0.3 is 0 Å². The molecule has 2 heteroatoms. The van der Waals surface area contributed by atoms with Gasteiger partial charge in [0.2, 0.25) is 0 Å². The van der Waals surface area contributed by atoms with Gasteiger partial charge in [0.1, 0.15) is 0 Å². The van der Waals surface area contributed by atoms with Crippen LogP contribution >= 0.6 is 12.2 Å². The van der Waals surface area contributed by atoms with Crippen molar-refractivity contribution < 1.29 is 0 Å². The number of pyridine rings is 1. The number of rotatable bonds is 1. The van der Waals surface area contributed by atoms with Crippen LogP contribution in [-0.4, -0.2) is 10.4 Å². The first-order chi connectivity index (χ1) is 4.33. The fraction of sp³-hybridized carbons (Fsp3) is 0.143. The van der Waals surface area contributed by atoms with E-state index in [1.165, 1.54) is 0 Å². The van der Waals surface area contributed by atoms with Crippen LogP contribution in [-0.2, 0) is 0 Å². The molecule has 0 aliphatic carbocycles. The molecule has 0 saturated carbocycles. The highest BCUT2D eigenvalue weighted by molar-refractivity contribution is 7.79. The molecule has 0 aromatic carbocycles. The van der Waals surface area contributed by atoms with E-state index in [4.69, 9.17) is 0 Å². The molecule has 1 aromatic heterocycles. The summed E-state index contributed by atoms with van der Waals surface area (Å²) in [6.07, 6.45) is 1.77. The zero-order valence-corrected chi connectivity index (χ0v) is 5.90. The average Bonchev–Trinajstić information content (AvgIpc) is 1.90. The SMILES string of the molecule is Cc1ccc([C]=S)nc1. The van der Waals surface area contributed by atoms with Crippen molar-refractivity contribution in [2.24, 2.45) is 0 Å². The first-order valence-corrected chi connectivity index (χ1v) is 3.04. The Morgan fingerprint density at radius 1 is 1.56 bits per heavy atom. The second-order valence-electron chi connectivity index (χ2n) is 1.82. The van der Waals surface area contributed by atoms with Crippen molar-refractivity contribution in [3.8, 4) is 0 Å². The van der Waals surface area contributed by atoms with Gasteiger partial charge in [-0.3, -0.25) is 4.98 Å². The maximum absolute atomic E-state index is 4.55. The van der Waals surface area contributed by atoms with Crippen molar-refractivity contribution in [2.45, 2.75) is 6.92 Å². The minimum absolute atomic E-state index is 0.732. The van der Waals surface area contributed by atoms with Gasteiger partial charge in [0.05, 0.1) is 11.1 Å². The van der Waals surface area contributed by atoms with Crippen molar-refractivity contribution in [1.82, 2.24) is 4.98 Å². The van der Waals surface area contributed by atoms with E-state index in [-0.39, 0.29) is 0 Å². The fourth-order valence-corrected chi connectivity index (χ4v) is 0.649. The molecule has 0 bridgehead atoms. The molecule has 0 N–H and O–H groups in total. The molecule has 1 heterocycles. The largest absolute Gasteiger partial charge is 0.255 e. The molecular formula is C7H6NS. The molecule has 0 unspecified atom stereocenters. The molecule has 0 atom stereocenters. The van der Waals surface area contributed by atoms with Gasteiger partial charge in [-0.25, -0.2) is 0 Å². The average molecular weight is 136 g/mol. The summed E-state index contributed by atoms with van der Waals surface area (Å²) < 4.78 is 0. The van der Waals surface area contributed by atoms with Gasteiger partial charge >= 0.3 is 0 Å². The maximum atomic E-state index is 4.55. The third-order valence-electron chi connectivity index (χ3n) is 1.02. The summed E-state index contributed by atoms with van der Waals surface area (Å²) in [6.45, 7) is 1.99. The molecule has 45 valence electrons. The predicted molar refractivity (Wildman–Crippen MR) is 40.7 cm³/mol. The Labute approximate surface area is 59.7 Å². The quantitative estimate of drug-likeness (QED) is 0.544. The second kappa shape index (κ2) is 2.69. The number of aromatic nitrogens is 1. The molecule has 9 heavy (non-hydrogen) atoms. The summed E-state index contributed by atoms with van der Waals surface area (Å²) in [4.78, 5) is 3.98. The van der Waals surface area contributed by atoms with Gasteiger partial charge in [0.25, 0.3) is 0 Å². The zero-order chi connectivity index (χ0) is 6.69. The normalized spacial score (nSPS) is 9.00. The molecule has 1 aromatic rings. The van der Waals surface area contributed by atoms with Crippen LogP contribution in [0.25, 0.3) is 0 Å². The van der Waals surface area contributed by atoms with Crippen molar-refractivity contribution in [2.75, 3.05) is 0 Å². The molecular weight excluding hydrogens is 130 g/mol. The molecule has 1 nitrogen and oxygen atoms in total. The van der Waals surface area contributed by atoms with E-state index in [0.717, 1.165) is 11.3 Å². The molecule has 0 aliphatic rings. The lowest BCUT2D eigenvalue weighted by molar-refractivity contribution is 1.26. The van der Waals surface area contributed by atoms with E-state index in [2.05, 4.69) is 22.6 Å². The van der Waals surface area contributed by atoms with Gasteiger partial charge in [-0.15, -0.1) is 0 Å². The Kier molecular flexibility index (Phi) is 1.90. The lowest BCUT2D eigenvalue weighted by Gasteiger charge is -1.89. The van der Waals surface area contributed by atoms with Crippen LogP contribution in [0, 0.1) is 6.92 Å². The van der Waals surface area contributed by atoms with Gasteiger partial charge in [0.15, 0.2) is 0 Å². The summed E-state index contributed by atoms with van der Waals surface area (Å²) in [5, 5.41) is 2.53. The second-order valence-corrected chi connectivity index (χ2v) is 2.03. The third-order valence-corrected chi connectivity index (χ3v) is 1.23. The molecule has 0 aliphatic heterocycles. The number of hydrogen-bond donors (Lipinski definition) is 0. The van der Waals surface area contributed by atoms with E-state index in [9.17, 15) is 0 Å². The Balaban J connectivity index is 3.01. The maximum Gasteiger partial charge on any atom is 0.0836 e. The van der Waals surface area contributed by atoms with Crippen LogP contribution in [0.3, 0.4) is 0 Å². The van der Waals surface area contributed by atoms with Crippen molar-refractivity contribution in [3.63, 3.8) is 0 Å². The summed E-state index contributed by atoms with van der Waals surface area (Å²) in [6, 6.07) is 3.81. The first-order valence-electron chi connectivity index (χ1n) is 2.64. The highest BCUT2D eigenvalue weighted by Crippen LogP contribution is 1.94. The van der Waals surface area contributed by atoms with Crippen LogP contribution in [0.1, 0.15) is 11.3 Å². The van der Waals surface area contributed by atoms with E-state index < -0.39 is 0 Å². The summed E-state index contributed by atoms with van der Waals surface area (Å²) in [5.74, 6) is 0. The molecule has 1 radical (unpaired) electrons. The van der Waals surface area contributed by atoms with Crippen molar-refractivity contribution >= 4 is 17.6 Å². The van der Waals surface area contributed by atoms with E-state index >= 15 is 0 Å². The Bertz CT molecular complexity index is 203. The molecule has 0 saturated heterocycles. The van der Waals surface area contributed by atoms with E-state index in [1.54, 1.807) is 6.20 Å². The fourth-order valence-electron chi connectivity index (χ4n) is 0.528. The zero-order valence-electron chi connectivity index (χ0n) is 5.09. The number of hydrogen-bond acceptors (Lipinski definition) is 2. The van der Waals surface area contributed by atoms with Crippen LogP contribution in [0.5, 0.6) is 0 Å². The standard InChI is InChI=1S/C7H6NS/c1-6-2-3-7(5-9)8-4-6/h2-4H,1H3.